The topological polar surface area (TPSA) is 46.6 Å². The van der Waals surface area contributed by atoms with Crippen LogP contribution >= 0.6 is 11.8 Å². The van der Waals surface area contributed by atoms with E-state index in [-0.39, 0.29) is 24.3 Å². The van der Waals surface area contributed by atoms with Gasteiger partial charge in [0.2, 0.25) is 0 Å². The molecule has 1 aromatic rings. The second-order valence-electron chi connectivity index (χ2n) is 5.40. The van der Waals surface area contributed by atoms with Crippen LogP contribution in [0, 0.1) is 0 Å². The number of ketones is 1. The van der Waals surface area contributed by atoms with E-state index in [4.69, 9.17) is 4.74 Å². The van der Waals surface area contributed by atoms with E-state index in [0.717, 1.165) is 12.1 Å². The maximum Gasteiger partial charge on any atom is 0.416 e. The van der Waals surface area contributed by atoms with Gasteiger partial charge in [-0.25, -0.2) is 4.79 Å². The number of alkyl halides is 3. The number of carbonyl (C=O) groups is 2. The van der Waals surface area contributed by atoms with Crippen molar-refractivity contribution in [2.45, 2.75) is 32.0 Å². The van der Waals surface area contributed by atoms with Crippen LogP contribution in [0.3, 0.4) is 0 Å². The lowest BCUT2D eigenvalue weighted by Gasteiger charge is -2.35. The lowest BCUT2D eigenvalue weighted by molar-refractivity contribution is -0.137. The number of Topliss-reactive ketones (excluding diaryl/α,β-unsaturated/α-hetero) is 1. The zero-order valence-corrected chi connectivity index (χ0v) is 14.2. The summed E-state index contributed by atoms with van der Waals surface area (Å²) in [5.74, 6) is 0.228. The molecule has 0 spiro atoms. The highest BCUT2D eigenvalue weighted by atomic mass is 32.2. The van der Waals surface area contributed by atoms with Crippen LogP contribution in [0.2, 0.25) is 0 Å². The number of rotatable bonds is 4. The van der Waals surface area contributed by atoms with Gasteiger partial charge in [-0.2, -0.15) is 24.9 Å². The molecule has 1 aromatic carbocycles. The molecule has 0 bridgehead atoms. The lowest BCUT2D eigenvalue weighted by atomic mass is 9.92. The summed E-state index contributed by atoms with van der Waals surface area (Å²) in [6.45, 7) is 2.02. The van der Waals surface area contributed by atoms with Crippen molar-refractivity contribution < 1.29 is 27.5 Å². The smallest absolute Gasteiger partial charge is 0.416 e. The molecule has 132 valence electrons. The van der Waals surface area contributed by atoms with Crippen LogP contribution in [0.1, 0.15) is 35.7 Å². The SMILES string of the molecule is CCC1CC(=O)c2cc(C(F)(F)F)ccc2N1C(=O)OCCSC. The zero-order chi connectivity index (χ0) is 17.9. The van der Waals surface area contributed by atoms with E-state index in [0.29, 0.717) is 12.2 Å². The van der Waals surface area contributed by atoms with E-state index < -0.39 is 29.7 Å². The van der Waals surface area contributed by atoms with Gasteiger partial charge in [-0.05, 0) is 30.9 Å². The first-order chi connectivity index (χ1) is 11.3. The van der Waals surface area contributed by atoms with E-state index in [1.54, 1.807) is 0 Å². The Labute approximate surface area is 142 Å². The summed E-state index contributed by atoms with van der Waals surface area (Å²) in [6.07, 6.45) is -2.81. The number of amides is 1. The summed E-state index contributed by atoms with van der Waals surface area (Å²) < 4.78 is 43.8. The average Bonchev–Trinajstić information content (AvgIpc) is 2.53. The minimum absolute atomic E-state index is 0.0115. The average molecular weight is 361 g/mol. The summed E-state index contributed by atoms with van der Waals surface area (Å²) in [7, 11) is 0. The van der Waals surface area contributed by atoms with E-state index in [1.165, 1.54) is 22.7 Å². The van der Waals surface area contributed by atoms with Gasteiger partial charge in [-0.3, -0.25) is 9.69 Å². The molecule has 4 nitrogen and oxygen atoms in total. The molecule has 0 radical (unpaired) electrons. The molecule has 0 N–H and O–H groups in total. The number of hydrogen-bond donors (Lipinski definition) is 0. The third kappa shape index (κ3) is 3.85. The van der Waals surface area contributed by atoms with Gasteiger partial charge in [0.1, 0.15) is 6.61 Å². The Morgan fingerprint density at radius 2 is 2.12 bits per heavy atom. The highest BCUT2D eigenvalue weighted by Crippen LogP contribution is 2.37. The summed E-state index contributed by atoms with van der Waals surface area (Å²) in [6, 6.07) is 2.45. The molecule has 8 heteroatoms. The largest absolute Gasteiger partial charge is 0.448 e. The molecule has 1 amide bonds. The van der Waals surface area contributed by atoms with Gasteiger partial charge >= 0.3 is 12.3 Å². The maximum absolute atomic E-state index is 12.9. The second kappa shape index (κ2) is 7.46. The Morgan fingerprint density at radius 1 is 1.42 bits per heavy atom. The predicted molar refractivity (Wildman–Crippen MR) is 86.7 cm³/mol. The van der Waals surface area contributed by atoms with Crippen LogP contribution in [0.5, 0.6) is 0 Å². The van der Waals surface area contributed by atoms with Crippen molar-refractivity contribution in [1.82, 2.24) is 0 Å². The Morgan fingerprint density at radius 3 is 2.71 bits per heavy atom. The first kappa shape index (κ1) is 18.6. The van der Waals surface area contributed by atoms with E-state index >= 15 is 0 Å². The second-order valence-corrected chi connectivity index (χ2v) is 6.38. The fourth-order valence-corrected chi connectivity index (χ4v) is 2.86. The Bertz CT molecular complexity index is 633. The molecule has 1 unspecified atom stereocenters. The fraction of sp³-hybridized carbons (Fsp3) is 0.500. The highest BCUT2D eigenvalue weighted by Gasteiger charge is 2.38. The lowest BCUT2D eigenvalue weighted by Crippen LogP contribution is -2.45. The van der Waals surface area contributed by atoms with Crippen molar-refractivity contribution in [3.63, 3.8) is 0 Å². The number of anilines is 1. The van der Waals surface area contributed by atoms with Crippen molar-refractivity contribution in [1.29, 1.82) is 0 Å². The van der Waals surface area contributed by atoms with E-state index in [1.807, 2.05) is 13.2 Å². The van der Waals surface area contributed by atoms with Crippen LogP contribution in [-0.4, -0.2) is 36.5 Å². The number of benzene rings is 1. The van der Waals surface area contributed by atoms with Crippen molar-refractivity contribution >= 4 is 29.3 Å². The molecule has 1 aliphatic rings. The van der Waals surface area contributed by atoms with Gasteiger partial charge in [-0.1, -0.05) is 6.92 Å². The third-order valence-corrected chi connectivity index (χ3v) is 4.43. The number of ether oxygens (including phenoxy) is 1. The molecular formula is C16H18F3NO3S. The first-order valence-corrected chi connectivity index (χ1v) is 8.88. The Hall–Kier alpha value is -1.70. The number of nitrogens with zero attached hydrogens (tertiary/aromatic N) is 1. The molecule has 0 aliphatic carbocycles. The minimum atomic E-state index is -4.54. The first-order valence-electron chi connectivity index (χ1n) is 7.49. The zero-order valence-electron chi connectivity index (χ0n) is 13.4. The van der Waals surface area contributed by atoms with Crippen LogP contribution in [0.15, 0.2) is 18.2 Å². The molecule has 1 atom stereocenters. The van der Waals surface area contributed by atoms with Gasteiger partial charge in [-0.15, -0.1) is 0 Å². The standard InChI is InChI=1S/C16H18F3NO3S/c1-3-11-9-14(21)12-8-10(16(17,18)19)4-5-13(12)20(11)15(22)23-6-7-24-2/h4-5,8,11H,3,6-7,9H2,1-2H3. The summed E-state index contributed by atoms with van der Waals surface area (Å²) in [5.41, 5.74) is -0.808. The summed E-state index contributed by atoms with van der Waals surface area (Å²) in [4.78, 5) is 25.9. The van der Waals surface area contributed by atoms with Crippen molar-refractivity contribution in [2.75, 3.05) is 23.5 Å². The molecule has 0 saturated carbocycles. The number of hydrogen-bond acceptors (Lipinski definition) is 4. The normalized spacial score (nSPS) is 17.6. The predicted octanol–water partition coefficient (Wildman–Crippen LogP) is 4.38. The number of halogens is 3. The molecule has 0 fully saturated rings. The van der Waals surface area contributed by atoms with Crippen LogP contribution in [-0.2, 0) is 10.9 Å². The number of carbonyl (C=O) groups excluding carboxylic acids is 2. The van der Waals surface area contributed by atoms with E-state index in [9.17, 15) is 22.8 Å². The van der Waals surface area contributed by atoms with Crippen LogP contribution in [0.4, 0.5) is 23.7 Å². The maximum atomic E-state index is 12.9. The monoisotopic (exact) mass is 361 g/mol. The van der Waals surface area contributed by atoms with Crippen molar-refractivity contribution in [3.05, 3.63) is 29.3 Å². The summed E-state index contributed by atoms with van der Waals surface area (Å²) >= 11 is 1.51. The minimum Gasteiger partial charge on any atom is -0.448 e. The summed E-state index contributed by atoms with van der Waals surface area (Å²) in [5, 5.41) is 0. The number of thioether (sulfide) groups is 1. The molecule has 1 aliphatic heterocycles. The van der Waals surface area contributed by atoms with Crippen LogP contribution in [0.25, 0.3) is 0 Å². The molecule has 0 saturated heterocycles. The van der Waals surface area contributed by atoms with Gasteiger partial charge in [0.25, 0.3) is 0 Å². The van der Waals surface area contributed by atoms with Crippen molar-refractivity contribution in [3.8, 4) is 0 Å². The Kier molecular flexibility index (Phi) is 5.79. The van der Waals surface area contributed by atoms with Gasteiger partial charge < -0.3 is 4.74 Å². The van der Waals surface area contributed by atoms with Gasteiger partial charge in [0.05, 0.1) is 11.3 Å². The molecule has 1 heterocycles. The van der Waals surface area contributed by atoms with Gasteiger partial charge in [0.15, 0.2) is 5.78 Å². The number of fused-ring (bicyclic) bond motifs is 1. The molecular weight excluding hydrogens is 343 g/mol. The molecule has 24 heavy (non-hydrogen) atoms. The molecule has 2 rings (SSSR count). The van der Waals surface area contributed by atoms with Crippen molar-refractivity contribution in [2.24, 2.45) is 0 Å². The molecule has 0 aromatic heterocycles. The quantitative estimate of drug-likeness (QED) is 0.747. The highest BCUT2D eigenvalue weighted by molar-refractivity contribution is 7.98. The fourth-order valence-electron chi connectivity index (χ4n) is 2.61. The van der Waals surface area contributed by atoms with Crippen LogP contribution < -0.4 is 4.90 Å². The Balaban J connectivity index is 2.39. The third-order valence-electron chi connectivity index (χ3n) is 3.85. The van der Waals surface area contributed by atoms with Gasteiger partial charge in [0, 0.05) is 23.8 Å². The van der Waals surface area contributed by atoms with E-state index in [2.05, 4.69) is 0 Å².